The summed E-state index contributed by atoms with van der Waals surface area (Å²) < 4.78 is 25.4. The summed E-state index contributed by atoms with van der Waals surface area (Å²) in [6, 6.07) is 14.2. The Labute approximate surface area is 160 Å². The molecule has 7 heteroatoms. The van der Waals surface area contributed by atoms with Crippen molar-refractivity contribution in [2.45, 2.75) is 26.2 Å². The van der Waals surface area contributed by atoms with Gasteiger partial charge in [0.15, 0.2) is 0 Å². The molecule has 0 saturated heterocycles. The van der Waals surface area contributed by atoms with E-state index in [1.165, 1.54) is 4.31 Å². The van der Waals surface area contributed by atoms with Gasteiger partial charge in [0.1, 0.15) is 0 Å². The third-order valence-electron chi connectivity index (χ3n) is 3.95. The maximum absolute atomic E-state index is 12.2. The fraction of sp³-hybridized carbons (Fsp3) is 0.316. The Kier molecular flexibility index (Phi) is 7.06. The predicted octanol–water partition coefficient (Wildman–Crippen LogP) is 4.09. The van der Waals surface area contributed by atoms with Gasteiger partial charge in [0.2, 0.25) is 15.9 Å². The molecule has 0 aliphatic rings. The van der Waals surface area contributed by atoms with Gasteiger partial charge in [-0.2, -0.15) is 0 Å². The molecule has 2 aromatic rings. The summed E-state index contributed by atoms with van der Waals surface area (Å²) in [5.74, 6) is -0.129. The summed E-state index contributed by atoms with van der Waals surface area (Å²) in [6.45, 7) is 2.25. The zero-order valence-corrected chi connectivity index (χ0v) is 16.5. The van der Waals surface area contributed by atoms with E-state index >= 15 is 0 Å². The topological polar surface area (TPSA) is 66.5 Å². The molecule has 140 valence electrons. The standard InChI is InChI=1S/C19H23ClN2O3S/c1-3-15-7-4-5-8-18(15)21-19(23)9-6-14-22(26(2,24)25)17-12-10-16(20)11-13-17/h4-5,7-8,10-13H,3,6,9,14H2,1-2H3,(H,21,23). The first-order valence-electron chi connectivity index (χ1n) is 8.42. The number of anilines is 2. The molecule has 0 aliphatic heterocycles. The smallest absolute Gasteiger partial charge is 0.232 e. The molecular weight excluding hydrogens is 372 g/mol. The summed E-state index contributed by atoms with van der Waals surface area (Å²) in [7, 11) is -3.44. The van der Waals surface area contributed by atoms with Crippen molar-refractivity contribution in [3.63, 3.8) is 0 Å². The number of rotatable bonds is 8. The lowest BCUT2D eigenvalue weighted by atomic mass is 10.1. The first-order chi connectivity index (χ1) is 12.3. The van der Waals surface area contributed by atoms with Crippen molar-refractivity contribution in [2.24, 2.45) is 0 Å². The summed E-state index contributed by atoms with van der Waals surface area (Å²) in [5.41, 5.74) is 2.41. The van der Waals surface area contributed by atoms with E-state index in [1.807, 2.05) is 31.2 Å². The van der Waals surface area contributed by atoms with Crippen molar-refractivity contribution in [3.05, 3.63) is 59.1 Å². The molecule has 5 nitrogen and oxygen atoms in total. The lowest BCUT2D eigenvalue weighted by molar-refractivity contribution is -0.116. The van der Waals surface area contributed by atoms with Gasteiger partial charge in [-0.25, -0.2) is 8.42 Å². The summed E-state index contributed by atoms with van der Waals surface area (Å²) in [5, 5.41) is 3.43. The number of para-hydroxylation sites is 1. The van der Waals surface area contributed by atoms with E-state index in [2.05, 4.69) is 5.32 Å². The predicted molar refractivity (Wildman–Crippen MR) is 107 cm³/mol. The van der Waals surface area contributed by atoms with Crippen molar-refractivity contribution in [3.8, 4) is 0 Å². The molecular formula is C19H23ClN2O3S. The Hall–Kier alpha value is -2.05. The van der Waals surface area contributed by atoms with Crippen molar-refractivity contribution in [1.82, 2.24) is 0 Å². The lowest BCUT2D eigenvalue weighted by Crippen LogP contribution is -2.31. The van der Waals surface area contributed by atoms with E-state index < -0.39 is 10.0 Å². The van der Waals surface area contributed by atoms with Crippen LogP contribution in [-0.2, 0) is 21.2 Å². The number of halogens is 1. The van der Waals surface area contributed by atoms with Gasteiger partial charge in [-0.05, 0) is 48.7 Å². The van der Waals surface area contributed by atoms with Crippen LogP contribution in [0, 0.1) is 0 Å². The molecule has 0 bridgehead atoms. The number of aryl methyl sites for hydroxylation is 1. The summed E-state index contributed by atoms with van der Waals surface area (Å²) in [4.78, 5) is 12.2. The number of sulfonamides is 1. The fourth-order valence-corrected chi connectivity index (χ4v) is 3.73. The van der Waals surface area contributed by atoms with Crippen LogP contribution in [-0.4, -0.2) is 27.1 Å². The van der Waals surface area contributed by atoms with Crippen LogP contribution < -0.4 is 9.62 Å². The summed E-state index contributed by atoms with van der Waals surface area (Å²) in [6.07, 6.45) is 2.63. The highest BCUT2D eigenvalue weighted by Crippen LogP contribution is 2.21. The third-order valence-corrected chi connectivity index (χ3v) is 5.40. The van der Waals surface area contributed by atoms with Crippen molar-refractivity contribution >= 4 is 38.9 Å². The molecule has 1 amide bonds. The second kappa shape index (κ2) is 9.05. The normalized spacial score (nSPS) is 11.2. The average molecular weight is 395 g/mol. The number of hydrogen-bond acceptors (Lipinski definition) is 3. The molecule has 0 saturated carbocycles. The number of nitrogens with zero attached hydrogens (tertiary/aromatic N) is 1. The van der Waals surface area contributed by atoms with E-state index in [0.717, 1.165) is 23.9 Å². The number of benzene rings is 2. The van der Waals surface area contributed by atoms with Crippen LogP contribution in [0.2, 0.25) is 5.02 Å². The highest BCUT2D eigenvalue weighted by molar-refractivity contribution is 7.92. The first-order valence-corrected chi connectivity index (χ1v) is 10.6. The molecule has 1 N–H and O–H groups in total. The zero-order valence-electron chi connectivity index (χ0n) is 14.9. The quantitative estimate of drug-likeness (QED) is 0.733. The van der Waals surface area contributed by atoms with Gasteiger partial charge in [-0.3, -0.25) is 9.10 Å². The molecule has 0 radical (unpaired) electrons. The van der Waals surface area contributed by atoms with E-state index in [9.17, 15) is 13.2 Å². The Morgan fingerprint density at radius 1 is 1.12 bits per heavy atom. The number of carbonyl (C=O) groups excluding carboxylic acids is 1. The molecule has 0 aromatic heterocycles. The maximum Gasteiger partial charge on any atom is 0.232 e. The minimum Gasteiger partial charge on any atom is -0.326 e. The molecule has 26 heavy (non-hydrogen) atoms. The van der Waals surface area contributed by atoms with Gasteiger partial charge in [0.05, 0.1) is 11.9 Å². The van der Waals surface area contributed by atoms with Crippen LogP contribution in [0.5, 0.6) is 0 Å². The highest BCUT2D eigenvalue weighted by Gasteiger charge is 2.17. The maximum atomic E-state index is 12.2. The Bertz CT molecular complexity index is 851. The second-order valence-electron chi connectivity index (χ2n) is 5.97. The van der Waals surface area contributed by atoms with Gasteiger partial charge in [-0.1, -0.05) is 36.7 Å². The van der Waals surface area contributed by atoms with Gasteiger partial charge < -0.3 is 5.32 Å². The van der Waals surface area contributed by atoms with Crippen LogP contribution >= 0.6 is 11.6 Å². The largest absolute Gasteiger partial charge is 0.326 e. The summed E-state index contributed by atoms with van der Waals surface area (Å²) >= 11 is 5.86. The van der Waals surface area contributed by atoms with Crippen LogP contribution in [0.4, 0.5) is 11.4 Å². The second-order valence-corrected chi connectivity index (χ2v) is 8.32. The van der Waals surface area contributed by atoms with Gasteiger partial charge in [-0.15, -0.1) is 0 Å². The SMILES string of the molecule is CCc1ccccc1NC(=O)CCCN(c1ccc(Cl)cc1)S(C)(=O)=O. The Morgan fingerprint density at radius 2 is 1.77 bits per heavy atom. The van der Waals surface area contributed by atoms with Crippen molar-refractivity contribution < 1.29 is 13.2 Å². The zero-order chi connectivity index (χ0) is 19.2. The van der Waals surface area contributed by atoms with Crippen molar-refractivity contribution in [2.75, 3.05) is 22.4 Å². The first kappa shape index (κ1) is 20.3. The molecule has 0 fully saturated rings. The van der Waals surface area contributed by atoms with Gasteiger partial charge >= 0.3 is 0 Å². The Balaban J connectivity index is 1.97. The monoisotopic (exact) mass is 394 g/mol. The lowest BCUT2D eigenvalue weighted by Gasteiger charge is -2.22. The molecule has 0 atom stereocenters. The van der Waals surface area contributed by atoms with Gasteiger partial charge in [0.25, 0.3) is 0 Å². The molecule has 0 heterocycles. The van der Waals surface area contributed by atoms with Crippen LogP contribution in [0.1, 0.15) is 25.3 Å². The molecule has 2 rings (SSSR count). The highest BCUT2D eigenvalue weighted by atomic mass is 35.5. The van der Waals surface area contributed by atoms with Crippen LogP contribution in [0.25, 0.3) is 0 Å². The van der Waals surface area contributed by atoms with E-state index in [4.69, 9.17) is 11.6 Å². The van der Waals surface area contributed by atoms with Crippen LogP contribution in [0.3, 0.4) is 0 Å². The fourth-order valence-electron chi connectivity index (χ4n) is 2.64. The van der Waals surface area contributed by atoms with E-state index in [-0.39, 0.29) is 18.9 Å². The molecule has 0 spiro atoms. The van der Waals surface area contributed by atoms with Crippen molar-refractivity contribution in [1.29, 1.82) is 0 Å². The minimum absolute atomic E-state index is 0.129. The Morgan fingerprint density at radius 3 is 2.38 bits per heavy atom. The number of nitrogens with one attached hydrogen (secondary N) is 1. The van der Waals surface area contributed by atoms with Gasteiger partial charge in [0, 0.05) is 23.7 Å². The minimum atomic E-state index is -3.44. The number of hydrogen-bond donors (Lipinski definition) is 1. The molecule has 0 aliphatic carbocycles. The average Bonchev–Trinajstić information content (AvgIpc) is 2.59. The molecule has 0 unspecified atom stereocenters. The van der Waals surface area contributed by atoms with E-state index in [1.54, 1.807) is 24.3 Å². The number of carbonyl (C=O) groups is 1. The third kappa shape index (κ3) is 5.75. The number of amides is 1. The molecule has 2 aromatic carbocycles. The van der Waals surface area contributed by atoms with E-state index in [0.29, 0.717) is 17.1 Å². The van der Waals surface area contributed by atoms with Crippen LogP contribution in [0.15, 0.2) is 48.5 Å².